The summed E-state index contributed by atoms with van der Waals surface area (Å²) in [6, 6.07) is 0.465. The molecule has 1 fully saturated rings. The van der Waals surface area contributed by atoms with Gasteiger partial charge in [0, 0.05) is 30.7 Å². The maximum absolute atomic E-state index is 11.8. The number of hydrogen-bond acceptors (Lipinski definition) is 5. The Bertz CT molecular complexity index is 442. The largest absolute Gasteiger partial charge is 0.444 e. The van der Waals surface area contributed by atoms with Crippen LogP contribution >= 0.6 is 11.3 Å². The summed E-state index contributed by atoms with van der Waals surface area (Å²) >= 11 is 1.68. The lowest BCUT2D eigenvalue weighted by Gasteiger charge is -2.24. The molecule has 1 aromatic heterocycles. The molecule has 20 heavy (non-hydrogen) atoms. The molecule has 6 heteroatoms. The minimum Gasteiger partial charge on any atom is -0.444 e. The fourth-order valence-electron chi connectivity index (χ4n) is 2.33. The maximum Gasteiger partial charge on any atom is 0.407 e. The van der Waals surface area contributed by atoms with E-state index >= 15 is 0 Å². The normalized spacial score (nSPS) is 21.7. The van der Waals surface area contributed by atoms with Crippen molar-refractivity contribution in [3.05, 3.63) is 16.6 Å². The van der Waals surface area contributed by atoms with Crippen LogP contribution in [0.15, 0.2) is 11.6 Å². The molecule has 112 valence electrons. The van der Waals surface area contributed by atoms with Crippen molar-refractivity contribution in [3.63, 3.8) is 0 Å². The van der Waals surface area contributed by atoms with Crippen LogP contribution in [-0.2, 0) is 4.74 Å². The van der Waals surface area contributed by atoms with Gasteiger partial charge >= 0.3 is 6.09 Å². The van der Waals surface area contributed by atoms with Gasteiger partial charge in [0.15, 0.2) is 0 Å². The van der Waals surface area contributed by atoms with Gasteiger partial charge in [-0.15, -0.1) is 11.3 Å². The zero-order chi connectivity index (χ0) is 14.8. The van der Waals surface area contributed by atoms with Crippen LogP contribution in [0.1, 0.15) is 45.2 Å². The number of nitrogens with zero attached hydrogens (tertiary/aromatic N) is 2. The molecule has 5 nitrogen and oxygen atoms in total. The van der Waals surface area contributed by atoms with E-state index in [0.717, 1.165) is 24.5 Å². The molecule has 1 aliphatic heterocycles. The third-order valence-electron chi connectivity index (χ3n) is 3.30. The quantitative estimate of drug-likeness (QED) is 0.932. The fraction of sp³-hybridized carbons (Fsp3) is 0.714. The minimum atomic E-state index is -0.448. The molecule has 0 radical (unpaired) electrons. The van der Waals surface area contributed by atoms with Crippen molar-refractivity contribution >= 4 is 17.4 Å². The first-order valence-corrected chi connectivity index (χ1v) is 7.86. The Morgan fingerprint density at radius 3 is 2.95 bits per heavy atom. The lowest BCUT2D eigenvalue weighted by molar-refractivity contribution is 0.0504. The van der Waals surface area contributed by atoms with Gasteiger partial charge in [-0.25, -0.2) is 9.78 Å². The molecule has 0 aromatic carbocycles. The van der Waals surface area contributed by atoms with Gasteiger partial charge in [0.1, 0.15) is 10.6 Å². The van der Waals surface area contributed by atoms with Crippen LogP contribution in [-0.4, -0.2) is 40.7 Å². The number of aromatic nitrogens is 1. The average Bonchev–Trinajstić information content (AvgIpc) is 2.95. The summed E-state index contributed by atoms with van der Waals surface area (Å²) in [5.74, 6) is 0. The number of hydrogen-bond donors (Lipinski definition) is 1. The van der Waals surface area contributed by atoms with E-state index in [1.165, 1.54) is 0 Å². The topological polar surface area (TPSA) is 54.5 Å². The standard InChI is InChI=1S/C14H23N3O2S/c1-10(12-15-6-8-20-12)17-7-5-11(9-17)16-13(18)19-14(2,3)4/h6,8,10-11H,5,7,9H2,1-4H3,(H,16,18)/t10-,11+/m0/s1. The fourth-order valence-corrected chi connectivity index (χ4v) is 3.06. The van der Waals surface area contributed by atoms with Crippen molar-refractivity contribution in [1.29, 1.82) is 0 Å². The summed E-state index contributed by atoms with van der Waals surface area (Å²) in [7, 11) is 0. The number of ether oxygens (including phenoxy) is 1. The highest BCUT2D eigenvalue weighted by molar-refractivity contribution is 7.09. The SMILES string of the molecule is C[C@@H](c1nccs1)N1CC[C@@H](NC(=O)OC(C)(C)C)C1. The molecule has 1 amide bonds. The van der Waals surface area contributed by atoms with Crippen molar-refractivity contribution in [1.82, 2.24) is 15.2 Å². The van der Waals surface area contributed by atoms with Gasteiger partial charge in [-0.1, -0.05) is 0 Å². The predicted octanol–water partition coefficient (Wildman–Crippen LogP) is 2.80. The summed E-state index contributed by atoms with van der Waals surface area (Å²) in [4.78, 5) is 18.5. The van der Waals surface area contributed by atoms with Crippen LogP contribution in [0, 0.1) is 0 Å². The number of carbonyl (C=O) groups excluding carboxylic acids is 1. The molecule has 2 heterocycles. The van der Waals surface area contributed by atoms with Gasteiger partial charge in [0.05, 0.1) is 6.04 Å². The van der Waals surface area contributed by atoms with E-state index in [4.69, 9.17) is 4.74 Å². The Balaban J connectivity index is 1.82. The molecular weight excluding hydrogens is 274 g/mol. The average molecular weight is 297 g/mol. The molecule has 1 aliphatic rings. The van der Waals surface area contributed by atoms with Crippen molar-refractivity contribution in [2.45, 2.75) is 51.8 Å². The number of nitrogens with one attached hydrogen (secondary N) is 1. The molecule has 0 aliphatic carbocycles. The second-order valence-corrected chi connectivity index (χ2v) is 7.10. The molecule has 1 aromatic rings. The van der Waals surface area contributed by atoms with Gasteiger partial charge in [-0.3, -0.25) is 4.90 Å². The summed E-state index contributed by atoms with van der Waals surface area (Å²) in [6.07, 6.45) is 2.46. The zero-order valence-corrected chi connectivity index (χ0v) is 13.4. The molecule has 0 saturated carbocycles. The molecule has 1 saturated heterocycles. The second kappa shape index (κ2) is 6.10. The maximum atomic E-state index is 11.8. The third-order valence-corrected chi connectivity index (χ3v) is 4.24. The molecule has 0 spiro atoms. The molecule has 0 unspecified atom stereocenters. The van der Waals surface area contributed by atoms with Gasteiger partial charge in [-0.05, 0) is 34.1 Å². The highest BCUT2D eigenvalue weighted by Gasteiger charge is 2.29. The van der Waals surface area contributed by atoms with Crippen LogP contribution in [0.3, 0.4) is 0 Å². The monoisotopic (exact) mass is 297 g/mol. The molecule has 0 bridgehead atoms. The summed E-state index contributed by atoms with van der Waals surface area (Å²) in [5.41, 5.74) is -0.448. The van der Waals surface area contributed by atoms with Crippen LogP contribution < -0.4 is 5.32 Å². The Kier molecular flexibility index (Phi) is 4.65. The Morgan fingerprint density at radius 2 is 2.35 bits per heavy atom. The van der Waals surface area contributed by atoms with Crippen LogP contribution in [0.5, 0.6) is 0 Å². The van der Waals surface area contributed by atoms with Crippen molar-refractivity contribution < 1.29 is 9.53 Å². The predicted molar refractivity (Wildman–Crippen MR) is 79.9 cm³/mol. The Labute approximate surface area is 124 Å². The summed E-state index contributed by atoms with van der Waals surface area (Å²) in [6.45, 7) is 9.60. The number of alkyl carbamates (subject to hydrolysis) is 1. The highest BCUT2D eigenvalue weighted by atomic mass is 32.1. The lowest BCUT2D eigenvalue weighted by atomic mass is 10.2. The van der Waals surface area contributed by atoms with E-state index in [-0.39, 0.29) is 12.1 Å². The van der Waals surface area contributed by atoms with Crippen molar-refractivity contribution in [2.75, 3.05) is 13.1 Å². The first kappa shape index (κ1) is 15.3. The minimum absolute atomic E-state index is 0.160. The number of likely N-dealkylation sites (tertiary alicyclic amines) is 1. The van der Waals surface area contributed by atoms with E-state index in [0.29, 0.717) is 6.04 Å². The van der Waals surface area contributed by atoms with E-state index in [2.05, 4.69) is 22.1 Å². The molecule has 2 atom stereocenters. The van der Waals surface area contributed by atoms with E-state index in [1.54, 1.807) is 11.3 Å². The zero-order valence-electron chi connectivity index (χ0n) is 12.5. The van der Waals surface area contributed by atoms with Crippen molar-refractivity contribution in [2.24, 2.45) is 0 Å². The van der Waals surface area contributed by atoms with E-state index in [1.807, 2.05) is 32.3 Å². The first-order valence-electron chi connectivity index (χ1n) is 6.98. The number of carbonyl (C=O) groups is 1. The lowest BCUT2D eigenvalue weighted by Crippen LogP contribution is -2.40. The Morgan fingerprint density at radius 1 is 1.60 bits per heavy atom. The van der Waals surface area contributed by atoms with Gasteiger partial charge in [0.2, 0.25) is 0 Å². The molecule has 2 rings (SSSR count). The summed E-state index contributed by atoms with van der Waals surface area (Å²) < 4.78 is 5.29. The van der Waals surface area contributed by atoms with E-state index < -0.39 is 5.60 Å². The Hall–Kier alpha value is -1.14. The highest BCUT2D eigenvalue weighted by Crippen LogP contribution is 2.26. The second-order valence-electron chi connectivity index (χ2n) is 6.17. The smallest absolute Gasteiger partial charge is 0.407 e. The number of rotatable bonds is 3. The van der Waals surface area contributed by atoms with E-state index in [9.17, 15) is 4.79 Å². The number of amides is 1. The van der Waals surface area contributed by atoms with Gasteiger partial charge in [-0.2, -0.15) is 0 Å². The third kappa shape index (κ3) is 4.18. The van der Waals surface area contributed by atoms with Crippen LogP contribution in [0.25, 0.3) is 0 Å². The van der Waals surface area contributed by atoms with Gasteiger partial charge < -0.3 is 10.1 Å². The van der Waals surface area contributed by atoms with Crippen LogP contribution in [0.4, 0.5) is 4.79 Å². The number of thiazole rings is 1. The van der Waals surface area contributed by atoms with Crippen molar-refractivity contribution in [3.8, 4) is 0 Å². The molecule has 1 N–H and O–H groups in total. The summed E-state index contributed by atoms with van der Waals surface area (Å²) in [5, 5.41) is 6.07. The molecular formula is C14H23N3O2S. The van der Waals surface area contributed by atoms with Gasteiger partial charge in [0.25, 0.3) is 0 Å². The first-order chi connectivity index (χ1) is 9.35. The van der Waals surface area contributed by atoms with Crippen LogP contribution in [0.2, 0.25) is 0 Å².